The fourth-order valence-electron chi connectivity index (χ4n) is 2.53. The number of hydrogen-bond donors (Lipinski definition) is 1. The minimum absolute atomic E-state index is 0.300. The summed E-state index contributed by atoms with van der Waals surface area (Å²) in [5.74, 6) is 1.79. The largest absolute Gasteiger partial charge is 0.493 e. The summed E-state index contributed by atoms with van der Waals surface area (Å²) >= 11 is 0. The van der Waals surface area contributed by atoms with Gasteiger partial charge in [-0.3, -0.25) is 4.98 Å². The Balaban J connectivity index is 1.58. The van der Waals surface area contributed by atoms with E-state index in [4.69, 9.17) is 9.47 Å². The zero-order valence-electron chi connectivity index (χ0n) is 12.2. The van der Waals surface area contributed by atoms with Crippen LogP contribution >= 0.6 is 0 Å². The molecule has 4 heteroatoms. The zero-order chi connectivity index (χ0) is 14.5. The molecule has 0 saturated carbocycles. The van der Waals surface area contributed by atoms with Gasteiger partial charge in [-0.15, -0.1) is 0 Å². The lowest BCUT2D eigenvalue weighted by Crippen LogP contribution is -2.21. The van der Waals surface area contributed by atoms with Crippen molar-refractivity contribution in [1.29, 1.82) is 0 Å². The molecule has 0 saturated heterocycles. The first-order chi connectivity index (χ1) is 10.4. The van der Waals surface area contributed by atoms with Crippen molar-refractivity contribution < 1.29 is 9.47 Å². The summed E-state index contributed by atoms with van der Waals surface area (Å²) in [6, 6.07) is 10.4. The summed E-state index contributed by atoms with van der Waals surface area (Å²) in [4.78, 5) is 4.10. The maximum Gasteiger partial charge on any atom is 0.127 e. The van der Waals surface area contributed by atoms with E-state index in [1.165, 1.54) is 11.1 Å². The Hall–Kier alpha value is -2.07. The van der Waals surface area contributed by atoms with Gasteiger partial charge in [0.15, 0.2) is 0 Å². The van der Waals surface area contributed by atoms with Crippen molar-refractivity contribution in [2.75, 3.05) is 19.8 Å². The summed E-state index contributed by atoms with van der Waals surface area (Å²) in [5, 5.41) is 3.41. The van der Waals surface area contributed by atoms with E-state index in [0.29, 0.717) is 19.3 Å². The van der Waals surface area contributed by atoms with Crippen LogP contribution < -0.4 is 14.8 Å². The van der Waals surface area contributed by atoms with Gasteiger partial charge in [-0.25, -0.2) is 0 Å². The van der Waals surface area contributed by atoms with Gasteiger partial charge in [0.2, 0.25) is 0 Å². The number of pyridine rings is 1. The van der Waals surface area contributed by atoms with Crippen LogP contribution in [0.15, 0.2) is 42.7 Å². The van der Waals surface area contributed by atoms with Gasteiger partial charge in [-0.1, -0.05) is 13.0 Å². The van der Waals surface area contributed by atoms with Crippen LogP contribution in [-0.2, 0) is 6.42 Å². The molecule has 3 rings (SSSR count). The first-order valence-electron chi connectivity index (χ1n) is 7.38. The molecule has 110 valence electrons. The molecule has 0 spiro atoms. The van der Waals surface area contributed by atoms with Gasteiger partial charge in [-0.05, 0) is 30.3 Å². The van der Waals surface area contributed by atoms with Gasteiger partial charge >= 0.3 is 0 Å². The maximum absolute atomic E-state index is 5.80. The minimum atomic E-state index is 0.300. The number of hydrogen-bond acceptors (Lipinski definition) is 4. The van der Waals surface area contributed by atoms with Crippen molar-refractivity contribution in [3.05, 3.63) is 53.9 Å². The molecule has 1 atom stereocenters. The van der Waals surface area contributed by atoms with Crippen LogP contribution in [0, 0.1) is 0 Å². The third kappa shape index (κ3) is 3.34. The lowest BCUT2D eigenvalue weighted by Gasteiger charge is -2.10. The molecule has 1 aliphatic heterocycles. The van der Waals surface area contributed by atoms with Crippen molar-refractivity contribution in [3.8, 4) is 11.5 Å². The third-order valence-corrected chi connectivity index (χ3v) is 3.60. The Morgan fingerprint density at radius 2 is 2.33 bits per heavy atom. The predicted molar refractivity (Wildman–Crippen MR) is 81.8 cm³/mol. The van der Waals surface area contributed by atoms with Crippen molar-refractivity contribution in [3.63, 3.8) is 0 Å². The number of nitrogens with one attached hydrogen (secondary N) is 1. The Bertz CT molecular complexity index is 587. The summed E-state index contributed by atoms with van der Waals surface area (Å²) < 4.78 is 11.5. The van der Waals surface area contributed by atoms with E-state index in [1.807, 2.05) is 24.4 Å². The highest BCUT2D eigenvalue weighted by Crippen LogP contribution is 2.35. The number of likely N-dealkylation sites (N-methyl/N-ethyl adjacent to an activating group) is 1. The molecule has 2 heterocycles. The van der Waals surface area contributed by atoms with Crippen LogP contribution in [0.5, 0.6) is 11.5 Å². The highest BCUT2D eigenvalue weighted by molar-refractivity contribution is 5.45. The molecule has 0 aliphatic carbocycles. The summed E-state index contributed by atoms with van der Waals surface area (Å²) in [6.45, 7) is 4.38. The average molecular weight is 284 g/mol. The first-order valence-corrected chi connectivity index (χ1v) is 7.38. The predicted octanol–water partition coefficient (Wildman–Crippen LogP) is 2.75. The number of aromatic nitrogens is 1. The van der Waals surface area contributed by atoms with E-state index in [-0.39, 0.29) is 0 Å². The molecule has 21 heavy (non-hydrogen) atoms. The van der Waals surface area contributed by atoms with E-state index in [2.05, 4.69) is 29.4 Å². The van der Waals surface area contributed by atoms with Crippen LogP contribution in [-0.4, -0.2) is 24.7 Å². The SMILES string of the molecule is CCNC1COc2cc(OCCc3cccnc3)ccc21. The Labute approximate surface area is 125 Å². The summed E-state index contributed by atoms with van der Waals surface area (Å²) in [6.07, 6.45) is 4.50. The lowest BCUT2D eigenvalue weighted by atomic mass is 10.1. The summed E-state index contributed by atoms with van der Waals surface area (Å²) in [5.41, 5.74) is 2.40. The van der Waals surface area contributed by atoms with Crippen LogP contribution in [0.4, 0.5) is 0 Å². The number of benzene rings is 1. The Kier molecular flexibility index (Phi) is 4.36. The molecule has 2 aromatic rings. The third-order valence-electron chi connectivity index (χ3n) is 3.60. The van der Waals surface area contributed by atoms with Gasteiger partial charge in [0.25, 0.3) is 0 Å². The Morgan fingerprint density at radius 3 is 3.14 bits per heavy atom. The number of nitrogens with zero attached hydrogens (tertiary/aromatic N) is 1. The number of fused-ring (bicyclic) bond motifs is 1. The van der Waals surface area contributed by atoms with Crippen molar-refractivity contribution in [2.24, 2.45) is 0 Å². The Morgan fingerprint density at radius 1 is 1.38 bits per heavy atom. The second-order valence-electron chi connectivity index (χ2n) is 5.08. The molecule has 0 fully saturated rings. The molecule has 1 aliphatic rings. The van der Waals surface area contributed by atoms with E-state index in [1.54, 1.807) is 6.20 Å². The fraction of sp³-hybridized carbons (Fsp3) is 0.353. The molecular formula is C17H20N2O2. The van der Waals surface area contributed by atoms with E-state index < -0.39 is 0 Å². The molecule has 1 unspecified atom stereocenters. The second kappa shape index (κ2) is 6.59. The highest BCUT2D eigenvalue weighted by atomic mass is 16.5. The smallest absolute Gasteiger partial charge is 0.127 e. The van der Waals surface area contributed by atoms with Gasteiger partial charge in [0, 0.05) is 30.4 Å². The number of rotatable bonds is 6. The van der Waals surface area contributed by atoms with Crippen LogP contribution in [0.25, 0.3) is 0 Å². The molecule has 1 aromatic carbocycles. The topological polar surface area (TPSA) is 43.4 Å². The second-order valence-corrected chi connectivity index (χ2v) is 5.08. The number of ether oxygens (including phenoxy) is 2. The quantitative estimate of drug-likeness (QED) is 0.886. The molecule has 0 amide bonds. The highest BCUT2D eigenvalue weighted by Gasteiger charge is 2.23. The minimum Gasteiger partial charge on any atom is -0.493 e. The van der Waals surface area contributed by atoms with Crippen LogP contribution in [0.2, 0.25) is 0 Å². The monoisotopic (exact) mass is 284 g/mol. The van der Waals surface area contributed by atoms with Crippen molar-refractivity contribution in [2.45, 2.75) is 19.4 Å². The van der Waals surface area contributed by atoms with E-state index >= 15 is 0 Å². The standard InChI is InChI=1S/C17H20N2O2/c1-2-19-16-12-21-17-10-14(5-6-15(16)17)20-9-7-13-4-3-8-18-11-13/h3-6,8,10-11,16,19H,2,7,9,12H2,1H3. The van der Waals surface area contributed by atoms with Gasteiger partial charge in [0.1, 0.15) is 18.1 Å². The van der Waals surface area contributed by atoms with Crippen molar-refractivity contribution in [1.82, 2.24) is 10.3 Å². The van der Waals surface area contributed by atoms with Crippen molar-refractivity contribution >= 4 is 0 Å². The van der Waals surface area contributed by atoms with Gasteiger partial charge in [-0.2, -0.15) is 0 Å². The molecule has 4 nitrogen and oxygen atoms in total. The van der Waals surface area contributed by atoms with Gasteiger partial charge in [0.05, 0.1) is 12.6 Å². The molecule has 1 N–H and O–H groups in total. The average Bonchev–Trinajstić information content (AvgIpc) is 2.91. The summed E-state index contributed by atoms with van der Waals surface area (Å²) in [7, 11) is 0. The van der Waals surface area contributed by atoms with Gasteiger partial charge < -0.3 is 14.8 Å². The first kappa shape index (κ1) is 13.9. The zero-order valence-corrected chi connectivity index (χ0v) is 12.2. The molecule has 1 aromatic heterocycles. The fourth-order valence-corrected chi connectivity index (χ4v) is 2.53. The molecule has 0 bridgehead atoms. The van der Waals surface area contributed by atoms with E-state index in [9.17, 15) is 0 Å². The lowest BCUT2D eigenvalue weighted by molar-refractivity contribution is 0.305. The van der Waals surface area contributed by atoms with E-state index in [0.717, 1.165) is 24.5 Å². The maximum atomic E-state index is 5.80. The van der Waals surface area contributed by atoms with Crippen LogP contribution in [0.3, 0.4) is 0 Å². The molecular weight excluding hydrogens is 264 g/mol. The van der Waals surface area contributed by atoms with Crippen LogP contribution in [0.1, 0.15) is 24.1 Å². The molecule has 0 radical (unpaired) electrons. The normalized spacial score (nSPS) is 16.3.